The fraction of sp³-hybridized carbons (Fsp3) is 0.294. The third kappa shape index (κ3) is 6.46. The lowest BCUT2D eigenvalue weighted by molar-refractivity contribution is -0.132. The molecule has 3 heterocycles. The number of aromatic nitrogens is 2. The molecule has 1 amide bonds. The van der Waals surface area contributed by atoms with Gasteiger partial charge in [0.05, 0.1) is 18.2 Å². The van der Waals surface area contributed by atoms with Crippen molar-refractivity contribution in [1.82, 2.24) is 10.2 Å². The summed E-state index contributed by atoms with van der Waals surface area (Å²) < 4.78 is 26.5. The number of nitrogens with zero attached hydrogens (tertiary/aromatic N) is 3. The van der Waals surface area contributed by atoms with E-state index in [4.69, 9.17) is 9.47 Å². The van der Waals surface area contributed by atoms with Gasteiger partial charge in [-0.1, -0.05) is 73.2 Å². The maximum Gasteiger partial charge on any atom is 0.301 e. The topological polar surface area (TPSA) is 102 Å². The van der Waals surface area contributed by atoms with Crippen molar-refractivity contribution >= 4 is 45.7 Å². The summed E-state index contributed by atoms with van der Waals surface area (Å²) in [6, 6.07) is 18.0. The summed E-state index contributed by atoms with van der Waals surface area (Å²) in [5.74, 6) is -0.597. The van der Waals surface area contributed by atoms with Gasteiger partial charge in [-0.05, 0) is 66.4 Å². The molecule has 2 atom stereocenters. The molecule has 2 aliphatic heterocycles. The van der Waals surface area contributed by atoms with E-state index in [0.717, 1.165) is 41.9 Å². The van der Waals surface area contributed by atoms with Crippen LogP contribution in [0.4, 0.5) is 9.52 Å². The molecular formula is C34H32FN3O5S2. The predicted molar refractivity (Wildman–Crippen MR) is 172 cm³/mol. The fourth-order valence-electron chi connectivity index (χ4n) is 5.50. The number of benzene rings is 3. The van der Waals surface area contributed by atoms with Gasteiger partial charge in [0.25, 0.3) is 5.78 Å². The molecule has 0 spiro atoms. The first-order chi connectivity index (χ1) is 21.8. The number of anilines is 1. The lowest BCUT2D eigenvalue weighted by Gasteiger charge is -2.23. The maximum atomic E-state index is 14.2. The summed E-state index contributed by atoms with van der Waals surface area (Å²) >= 11 is 2.41. The molecule has 2 unspecified atom stereocenters. The number of carbonyl (C=O) groups excluding carboxylic acids is 2. The summed E-state index contributed by atoms with van der Waals surface area (Å²) in [7, 11) is 0. The van der Waals surface area contributed by atoms with E-state index in [-0.39, 0.29) is 28.4 Å². The van der Waals surface area contributed by atoms with E-state index in [1.54, 1.807) is 54.6 Å². The Morgan fingerprint density at radius 2 is 1.96 bits per heavy atom. The van der Waals surface area contributed by atoms with Gasteiger partial charge in [0, 0.05) is 17.7 Å². The number of thioether (sulfide) groups is 1. The van der Waals surface area contributed by atoms with E-state index >= 15 is 0 Å². The van der Waals surface area contributed by atoms with Gasteiger partial charge in [0.2, 0.25) is 5.13 Å². The molecule has 1 aromatic heterocycles. The van der Waals surface area contributed by atoms with E-state index in [1.807, 2.05) is 13.0 Å². The minimum Gasteiger partial charge on any atom is -0.507 e. The summed E-state index contributed by atoms with van der Waals surface area (Å²) in [6.07, 6.45) is 3.68. The molecule has 2 aliphatic rings. The zero-order chi connectivity index (χ0) is 31.5. The number of halogens is 1. The molecule has 1 N–H and O–H groups in total. The monoisotopic (exact) mass is 645 g/mol. The standard InChI is InChI=1S/C34H32FN3O5S2/c1-3-4-7-15-42-25-11-8-10-21(18-25)29-28(30(39)22-13-14-27-24(17-22)16-20(2)43-27)31(40)32(41)38(29)33-36-37-34(45-33)44-19-23-9-5-6-12-26(23)35/h5-6,8-14,17-18,20,29,39H,3-4,7,15-16,19H2,1-2H3/b30-28-. The van der Waals surface area contributed by atoms with Crippen molar-refractivity contribution in [3.8, 4) is 11.5 Å². The van der Waals surface area contributed by atoms with Gasteiger partial charge in [-0.2, -0.15) is 0 Å². The van der Waals surface area contributed by atoms with Crippen LogP contribution in [0.15, 0.2) is 76.6 Å². The zero-order valence-corrected chi connectivity index (χ0v) is 26.5. The molecule has 0 saturated carbocycles. The molecule has 45 heavy (non-hydrogen) atoms. The third-order valence-corrected chi connectivity index (χ3v) is 9.82. The second kappa shape index (κ2) is 13.4. The second-order valence-corrected chi connectivity index (χ2v) is 13.2. The molecule has 1 saturated heterocycles. The van der Waals surface area contributed by atoms with Gasteiger partial charge in [-0.15, -0.1) is 10.2 Å². The van der Waals surface area contributed by atoms with E-state index in [1.165, 1.54) is 22.7 Å². The normalized spacial score (nSPS) is 18.7. The van der Waals surface area contributed by atoms with Crippen molar-refractivity contribution in [3.63, 3.8) is 0 Å². The summed E-state index contributed by atoms with van der Waals surface area (Å²) in [6.45, 7) is 4.62. The van der Waals surface area contributed by atoms with E-state index in [9.17, 15) is 19.1 Å². The SMILES string of the molecule is CCCCCOc1cccc(C2/C(=C(/O)c3ccc4c(c3)CC(C)O4)C(=O)C(=O)N2c2nnc(SCc3ccccc3F)s2)c1. The Hall–Kier alpha value is -4.22. The van der Waals surface area contributed by atoms with Gasteiger partial charge in [-0.3, -0.25) is 14.5 Å². The van der Waals surface area contributed by atoms with Crippen molar-refractivity contribution in [2.24, 2.45) is 0 Å². The lowest BCUT2D eigenvalue weighted by atomic mass is 9.94. The lowest BCUT2D eigenvalue weighted by Crippen LogP contribution is -2.29. The molecule has 8 nitrogen and oxygen atoms in total. The number of ether oxygens (including phenoxy) is 2. The first-order valence-corrected chi connectivity index (χ1v) is 16.7. The number of fused-ring (bicyclic) bond motifs is 1. The average molecular weight is 646 g/mol. The number of carbonyl (C=O) groups is 2. The number of hydrogen-bond acceptors (Lipinski definition) is 9. The van der Waals surface area contributed by atoms with Crippen LogP contribution in [0.2, 0.25) is 0 Å². The molecule has 232 valence electrons. The van der Waals surface area contributed by atoms with Gasteiger partial charge in [0.15, 0.2) is 4.34 Å². The molecule has 6 rings (SSSR count). The summed E-state index contributed by atoms with van der Waals surface area (Å²) in [5.41, 5.74) is 2.38. The molecule has 3 aromatic carbocycles. The quantitative estimate of drug-likeness (QED) is 0.0447. The number of aliphatic hydroxyl groups excluding tert-OH is 1. The molecule has 1 fully saturated rings. The van der Waals surface area contributed by atoms with Crippen LogP contribution in [0, 0.1) is 5.82 Å². The van der Waals surface area contributed by atoms with Gasteiger partial charge < -0.3 is 14.6 Å². The first-order valence-electron chi connectivity index (χ1n) is 14.9. The molecule has 4 aromatic rings. The maximum absolute atomic E-state index is 14.2. The van der Waals surface area contributed by atoms with Crippen LogP contribution in [-0.4, -0.2) is 39.7 Å². The third-order valence-electron chi connectivity index (χ3n) is 7.72. The predicted octanol–water partition coefficient (Wildman–Crippen LogP) is 7.49. The number of hydrogen-bond donors (Lipinski definition) is 1. The van der Waals surface area contributed by atoms with Crippen LogP contribution in [0.3, 0.4) is 0 Å². The smallest absolute Gasteiger partial charge is 0.301 e. The van der Waals surface area contributed by atoms with E-state index < -0.39 is 17.7 Å². The van der Waals surface area contributed by atoms with E-state index in [0.29, 0.717) is 45.6 Å². The Bertz CT molecular complexity index is 1770. The summed E-state index contributed by atoms with van der Waals surface area (Å²) in [4.78, 5) is 28.7. The number of amides is 1. The van der Waals surface area contributed by atoms with Crippen LogP contribution in [0.1, 0.15) is 61.4 Å². The van der Waals surface area contributed by atoms with Crippen LogP contribution < -0.4 is 14.4 Å². The molecule has 0 bridgehead atoms. The first kappa shape index (κ1) is 30.8. The number of ketones is 1. The van der Waals surface area contributed by atoms with Crippen molar-refractivity contribution in [1.29, 1.82) is 0 Å². The van der Waals surface area contributed by atoms with Crippen LogP contribution >= 0.6 is 23.1 Å². The second-order valence-electron chi connectivity index (χ2n) is 11.0. The van der Waals surface area contributed by atoms with Gasteiger partial charge in [-0.25, -0.2) is 4.39 Å². The minimum atomic E-state index is -0.981. The highest BCUT2D eigenvalue weighted by Gasteiger charge is 2.48. The summed E-state index contributed by atoms with van der Waals surface area (Å²) in [5, 5.41) is 20.3. The average Bonchev–Trinajstić information content (AvgIpc) is 3.73. The molecule has 0 aliphatic carbocycles. The Morgan fingerprint density at radius 1 is 1.11 bits per heavy atom. The number of rotatable bonds is 11. The highest BCUT2D eigenvalue weighted by Crippen LogP contribution is 2.45. The van der Waals surface area contributed by atoms with Crippen LogP contribution in [0.25, 0.3) is 5.76 Å². The van der Waals surface area contributed by atoms with Gasteiger partial charge in [0.1, 0.15) is 29.2 Å². The Morgan fingerprint density at radius 3 is 2.78 bits per heavy atom. The van der Waals surface area contributed by atoms with Crippen molar-refractivity contribution < 1.29 is 28.6 Å². The van der Waals surface area contributed by atoms with Crippen molar-refractivity contribution in [2.75, 3.05) is 11.5 Å². The molecular weight excluding hydrogens is 614 g/mol. The highest BCUT2D eigenvalue weighted by molar-refractivity contribution is 8.00. The fourth-order valence-corrected chi connectivity index (χ4v) is 7.35. The molecule has 11 heteroatoms. The van der Waals surface area contributed by atoms with Gasteiger partial charge >= 0.3 is 5.91 Å². The Balaban J connectivity index is 1.38. The zero-order valence-electron chi connectivity index (χ0n) is 24.9. The van der Waals surface area contributed by atoms with E-state index in [2.05, 4.69) is 17.1 Å². The van der Waals surface area contributed by atoms with Crippen molar-refractivity contribution in [3.05, 3.63) is 100 Å². The number of Topliss-reactive ketones (excluding diaryl/α,β-unsaturated/α-hetero) is 1. The number of aliphatic hydroxyl groups is 1. The van der Waals surface area contributed by atoms with Crippen molar-refractivity contribution in [2.45, 2.75) is 61.8 Å². The van der Waals surface area contributed by atoms with Crippen LogP contribution in [-0.2, 0) is 21.8 Å². The minimum absolute atomic E-state index is 0.00546. The Kier molecular flexibility index (Phi) is 9.18. The molecule has 0 radical (unpaired) electrons. The number of unbranched alkanes of at least 4 members (excludes halogenated alkanes) is 2. The highest BCUT2D eigenvalue weighted by atomic mass is 32.2. The van der Waals surface area contributed by atoms with Crippen LogP contribution in [0.5, 0.6) is 11.5 Å². The Labute approximate surface area is 268 Å². The largest absolute Gasteiger partial charge is 0.507 e.